The zero-order valence-electron chi connectivity index (χ0n) is 18.8. The Balaban J connectivity index is 1.31. The van der Waals surface area contributed by atoms with Crippen LogP contribution in [0.4, 0.5) is 10.5 Å². The summed E-state index contributed by atoms with van der Waals surface area (Å²) in [7, 11) is 0. The largest absolute Gasteiger partial charge is 0.444 e. The minimum Gasteiger partial charge on any atom is -0.444 e. The molecular weight excluding hydrogens is 396 g/mol. The molecule has 2 N–H and O–H groups in total. The van der Waals surface area contributed by atoms with Gasteiger partial charge in [-0.2, -0.15) is 0 Å². The number of carbonyl (C=O) groups is 3. The molecule has 0 aromatic heterocycles. The molecule has 3 rings (SSSR count). The molecular formula is C23H34N4O4. The number of piperazine rings is 1. The van der Waals surface area contributed by atoms with Gasteiger partial charge in [0.05, 0.1) is 0 Å². The molecule has 170 valence electrons. The summed E-state index contributed by atoms with van der Waals surface area (Å²) in [5, 5.41) is 5.88. The third kappa shape index (κ3) is 6.95. The second-order valence-electron chi connectivity index (χ2n) is 9.25. The van der Waals surface area contributed by atoms with Gasteiger partial charge in [0.15, 0.2) is 0 Å². The average Bonchev–Trinajstić information content (AvgIpc) is 2.71. The van der Waals surface area contributed by atoms with E-state index in [-0.39, 0.29) is 23.8 Å². The number of amides is 3. The molecule has 3 amide bonds. The number of hydrogen-bond donors (Lipinski definition) is 2. The van der Waals surface area contributed by atoms with Crippen LogP contribution in [0.3, 0.4) is 0 Å². The summed E-state index contributed by atoms with van der Waals surface area (Å²) in [4.78, 5) is 40.6. The van der Waals surface area contributed by atoms with Crippen LogP contribution >= 0.6 is 0 Å². The van der Waals surface area contributed by atoms with Crippen LogP contribution in [0.15, 0.2) is 24.3 Å². The number of rotatable bonds is 6. The van der Waals surface area contributed by atoms with Crippen molar-refractivity contribution in [1.82, 2.24) is 15.1 Å². The van der Waals surface area contributed by atoms with Crippen molar-refractivity contribution in [2.24, 2.45) is 5.92 Å². The highest BCUT2D eigenvalue weighted by Gasteiger charge is 2.27. The van der Waals surface area contributed by atoms with E-state index in [1.54, 1.807) is 4.90 Å². The number of hydrogen-bond acceptors (Lipinski definition) is 5. The maximum absolute atomic E-state index is 12.3. The fourth-order valence-electron chi connectivity index (χ4n) is 3.87. The van der Waals surface area contributed by atoms with E-state index in [1.807, 2.05) is 45.0 Å². The van der Waals surface area contributed by atoms with Gasteiger partial charge in [-0.3, -0.25) is 14.5 Å². The maximum atomic E-state index is 12.3. The standard InChI is InChI=1S/C23H34N4O4/c1-23(2,3)31-22(30)27-14-12-26(13-15-27)11-10-24-20(28)9-8-18-16-17-6-4-5-7-19(17)25-21(18)29/h4-7,18H,8-16H2,1-3H3,(H,24,28)(H,25,29). The molecule has 1 atom stereocenters. The molecule has 2 aliphatic rings. The maximum Gasteiger partial charge on any atom is 0.410 e. The average molecular weight is 431 g/mol. The summed E-state index contributed by atoms with van der Waals surface area (Å²) in [6, 6.07) is 7.80. The summed E-state index contributed by atoms with van der Waals surface area (Å²) >= 11 is 0. The van der Waals surface area contributed by atoms with E-state index in [1.165, 1.54) is 0 Å². The van der Waals surface area contributed by atoms with E-state index in [4.69, 9.17) is 4.74 Å². The van der Waals surface area contributed by atoms with Gasteiger partial charge < -0.3 is 20.3 Å². The predicted octanol–water partition coefficient (Wildman–Crippen LogP) is 2.25. The van der Waals surface area contributed by atoms with E-state index in [2.05, 4.69) is 15.5 Å². The van der Waals surface area contributed by atoms with Gasteiger partial charge in [-0.15, -0.1) is 0 Å². The number of nitrogens with zero attached hydrogens (tertiary/aromatic N) is 2. The number of nitrogens with one attached hydrogen (secondary N) is 2. The SMILES string of the molecule is CC(C)(C)OC(=O)N1CCN(CCNC(=O)CCC2Cc3ccccc3NC2=O)CC1. The van der Waals surface area contributed by atoms with Crippen molar-refractivity contribution in [1.29, 1.82) is 0 Å². The zero-order chi connectivity index (χ0) is 22.4. The summed E-state index contributed by atoms with van der Waals surface area (Å²) in [5.41, 5.74) is 1.51. The van der Waals surface area contributed by atoms with Crippen LogP contribution < -0.4 is 10.6 Å². The zero-order valence-corrected chi connectivity index (χ0v) is 18.8. The van der Waals surface area contributed by atoms with Gasteiger partial charge in [0.2, 0.25) is 11.8 Å². The van der Waals surface area contributed by atoms with Crippen LogP contribution in [0.1, 0.15) is 39.2 Å². The molecule has 0 bridgehead atoms. The molecule has 2 heterocycles. The number of para-hydroxylation sites is 1. The Kier molecular flexibility index (Phi) is 7.54. The highest BCUT2D eigenvalue weighted by atomic mass is 16.6. The van der Waals surface area contributed by atoms with Crippen LogP contribution in [-0.4, -0.2) is 72.6 Å². The quantitative estimate of drug-likeness (QED) is 0.722. The van der Waals surface area contributed by atoms with Crippen LogP contribution in [-0.2, 0) is 20.7 Å². The van der Waals surface area contributed by atoms with Gasteiger partial charge in [-0.1, -0.05) is 18.2 Å². The molecule has 8 heteroatoms. The summed E-state index contributed by atoms with van der Waals surface area (Å²) in [5.74, 6) is -0.199. The van der Waals surface area contributed by atoms with Crippen LogP contribution in [0, 0.1) is 5.92 Å². The third-order valence-electron chi connectivity index (χ3n) is 5.61. The molecule has 1 aromatic carbocycles. The molecule has 0 spiro atoms. The molecule has 1 fully saturated rings. The molecule has 31 heavy (non-hydrogen) atoms. The van der Waals surface area contributed by atoms with Gasteiger partial charge in [0.25, 0.3) is 0 Å². The highest BCUT2D eigenvalue weighted by Crippen LogP contribution is 2.27. The third-order valence-corrected chi connectivity index (χ3v) is 5.61. The fraction of sp³-hybridized carbons (Fsp3) is 0.609. The highest BCUT2D eigenvalue weighted by molar-refractivity contribution is 5.96. The van der Waals surface area contributed by atoms with Gasteiger partial charge in [0.1, 0.15) is 5.60 Å². The van der Waals surface area contributed by atoms with E-state index in [0.29, 0.717) is 38.9 Å². The summed E-state index contributed by atoms with van der Waals surface area (Å²) < 4.78 is 5.41. The van der Waals surface area contributed by atoms with Crippen LogP contribution in [0.5, 0.6) is 0 Å². The Morgan fingerprint density at radius 1 is 1.16 bits per heavy atom. The summed E-state index contributed by atoms with van der Waals surface area (Å²) in [6.45, 7) is 9.67. The first-order chi connectivity index (χ1) is 14.7. The van der Waals surface area contributed by atoms with Crippen molar-refractivity contribution in [3.8, 4) is 0 Å². The Labute approximate surface area is 184 Å². The number of fused-ring (bicyclic) bond motifs is 1. The Bertz CT molecular complexity index is 797. The Morgan fingerprint density at radius 3 is 2.58 bits per heavy atom. The molecule has 1 unspecified atom stereocenters. The minimum absolute atomic E-state index is 0.00522. The number of ether oxygens (including phenoxy) is 1. The molecule has 0 radical (unpaired) electrons. The lowest BCUT2D eigenvalue weighted by atomic mass is 9.89. The minimum atomic E-state index is -0.486. The van der Waals surface area contributed by atoms with Gasteiger partial charge in [-0.25, -0.2) is 4.79 Å². The van der Waals surface area contributed by atoms with Crippen molar-refractivity contribution in [3.63, 3.8) is 0 Å². The van der Waals surface area contributed by atoms with Crippen molar-refractivity contribution in [2.45, 2.75) is 45.6 Å². The van der Waals surface area contributed by atoms with E-state index >= 15 is 0 Å². The van der Waals surface area contributed by atoms with Crippen LogP contribution in [0.2, 0.25) is 0 Å². The first-order valence-electron chi connectivity index (χ1n) is 11.1. The van der Waals surface area contributed by atoms with E-state index < -0.39 is 5.60 Å². The van der Waals surface area contributed by atoms with Gasteiger partial charge >= 0.3 is 6.09 Å². The Hall–Kier alpha value is -2.61. The lowest BCUT2D eigenvalue weighted by Gasteiger charge is -2.35. The van der Waals surface area contributed by atoms with Crippen molar-refractivity contribution >= 4 is 23.6 Å². The van der Waals surface area contributed by atoms with Crippen molar-refractivity contribution in [3.05, 3.63) is 29.8 Å². The molecule has 8 nitrogen and oxygen atoms in total. The monoisotopic (exact) mass is 430 g/mol. The molecule has 1 aromatic rings. The summed E-state index contributed by atoms with van der Waals surface area (Å²) in [6.07, 6.45) is 1.29. The van der Waals surface area contributed by atoms with Gasteiger partial charge in [0, 0.05) is 57.3 Å². The predicted molar refractivity (Wildman–Crippen MR) is 119 cm³/mol. The normalized spacial score (nSPS) is 19.4. The number of benzene rings is 1. The van der Waals surface area contributed by atoms with Crippen molar-refractivity contribution in [2.75, 3.05) is 44.6 Å². The number of carbonyl (C=O) groups excluding carboxylic acids is 3. The number of anilines is 1. The fourth-order valence-corrected chi connectivity index (χ4v) is 3.87. The molecule has 2 aliphatic heterocycles. The lowest BCUT2D eigenvalue weighted by Crippen LogP contribution is -2.51. The first-order valence-corrected chi connectivity index (χ1v) is 11.1. The second-order valence-corrected chi connectivity index (χ2v) is 9.25. The van der Waals surface area contributed by atoms with Crippen LogP contribution in [0.25, 0.3) is 0 Å². The smallest absolute Gasteiger partial charge is 0.410 e. The lowest BCUT2D eigenvalue weighted by molar-refractivity contribution is -0.122. The second kappa shape index (κ2) is 10.1. The molecule has 0 aliphatic carbocycles. The first kappa shape index (κ1) is 23.1. The molecule has 1 saturated heterocycles. The Morgan fingerprint density at radius 2 is 1.87 bits per heavy atom. The van der Waals surface area contributed by atoms with E-state index in [0.717, 1.165) is 30.9 Å². The van der Waals surface area contributed by atoms with Gasteiger partial charge in [-0.05, 0) is 45.2 Å². The van der Waals surface area contributed by atoms with Crippen molar-refractivity contribution < 1.29 is 19.1 Å². The van der Waals surface area contributed by atoms with E-state index in [9.17, 15) is 14.4 Å². The molecule has 0 saturated carbocycles. The topological polar surface area (TPSA) is 91.0 Å².